The smallest absolute Gasteiger partial charge is 0.313 e. The van der Waals surface area contributed by atoms with E-state index in [0.29, 0.717) is 31.2 Å². The summed E-state index contributed by atoms with van der Waals surface area (Å²) >= 11 is 0. The van der Waals surface area contributed by atoms with E-state index in [9.17, 15) is 14.7 Å². The number of amides is 1. The molecule has 110 valence electrons. The van der Waals surface area contributed by atoms with Crippen LogP contribution in [0.1, 0.15) is 33.6 Å². The average molecular weight is 271 g/mol. The monoisotopic (exact) mass is 271 g/mol. The number of hydrogen-bond acceptors (Lipinski definition) is 3. The highest BCUT2D eigenvalue weighted by Gasteiger charge is 2.46. The Bertz CT molecular complexity index is 342. The van der Waals surface area contributed by atoms with Crippen molar-refractivity contribution in [2.45, 2.75) is 33.6 Å². The van der Waals surface area contributed by atoms with Gasteiger partial charge in [-0.2, -0.15) is 0 Å². The van der Waals surface area contributed by atoms with Crippen LogP contribution in [0.3, 0.4) is 0 Å². The molecule has 0 bridgehead atoms. The third kappa shape index (κ3) is 3.69. The van der Waals surface area contributed by atoms with Crippen molar-refractivity contribution in [3.05, 3.63) is 0 Å². The Kier molecular flexibility index (Phi) is 5.35. The molecule has 0 aromatic rings. The summed E-state index contributed by atoms with van der Waals surface area (Å²) in [6.45, 7) is 7.17. The van der Waals surface area contributed by atoms with Gasteiger partial charge in [-0.3, -0.25) is 9.59 Å². The Hall–Kier alpha value is -1.10. The molecule has 1 fully saturated rings. The zero-order chi connectivity index (χ0) is 14.6. The number of carboxylic acid groups (broad SMARTS) is 1. The van der Waals surface area contributed by atoms with Crippen LogP contribution < -0.4 is 0 Å². The van der Waals surface area contributed by atoms with Crippen molar-refractivity contribution in [3.8, 4) is 0 Å². The number of nitrogens with zero attached hydrogens (tertiary/aromatic N) is 1. The van der Waals surface area contributed by atoms with Crippen molar-refractivity contribution in [2.75, 3.05) is 26.8 Å². The van der Waals surface area contributed by atoms with Gasteiger partial charge in [-0.15, -0.1) is 0 Å². The van der Waals surface area contributed by atoms with Gasteiger partial charge in [-0.05, 0) is 18.3 Å². The van der Waals surface area contributed by atoms with Crippen molar-refractivity contribution in [2.24, 2.45) is 17.3 Å². The number of carbonyl (C=O) groups excluding carboxylic acids is 1. The molecule has 1 heterocycles. The highest BCUT2D eigenvalue weighted by atomic mass is 16.5. The fourth-order valence-corrected chi connectivity index (χ4v) is 2.36. The summed E-state index contributed by atoms with van der Waals surface area (Å²) in [6, 6.07) is 0. The van der Waals surface area contributed by atoms with Crippen LogP contribution in [-0.4, -0.2) is 48.7 Å². The van der Waals surface area contributed by atoms with Gasteiger partial charge in [0.15, 0.2) is 0 Å². The van der Waals surface area contributed by atoms with Crippen LogP contribution in [0.25, 0.3) is 0 Å². The van der Waals surface area contributed by atoms with E-state index in [1.807, 2.05) is 0 Å². The Morgan fingerprint density at radius 3 is 2.47 bits per heavy atom. The number of hydrogen-bond donors (Lipinski definition) is 1. The van der Waals surface area contributed by atoms with E-state index in [2.05, 4.69) is 20.8 Å². The molecule has 1 aliphatic heterocycles. The van der Waals surface area contributed by atoms with E-state index in [0.717, 1.165) is 0 Å². The quantitative estimate of drug-likeness (QED) is 0.797. The van der Waals surface area contributed by atoms with E-state index in [4.69, 9.17) is 4.74 Å². The van der Waals surface area contributed by atoms with Gasteiger partial charge in [0.2, 0.25) is 5.91 Å². The van der Waals surface area contributed by atoms with Crippen molar-refractivity contribution in [1.82, 2.24) is 4.90 Å². The minimum atomic E-state index is -0.925. The van der Waals surface area contributed by atoms with Gasteiger partial charge in [-0.25, -0.2) is 0 Å². The molecular formula is C14H25NO4. The van der Waals surface area contributed by atoms with Crippen LogP contribution in [0.2, 0.25) is 0 Å². The number of rotatable bonds is 6. The molecule has 0 radical (unpaired) electrons. The fourth-order valence-electron chi connectivity index (χ4n) is 2.36. The third-order valence-electron chi connectivity index (χ3n) is 4.22. The number of carboxylic acids is 1. The number of methoxy groups -OCH3 is 1. The van der Waals surface area contributed by atoms with Crippen LogP contribution in [0, 0.1) is 17.3 Å². The van der Waals surface area contributed by atoms with Crippen molar-refractivity contribution >= 4 is 11.9 Å². The molecule has 0 aromatic heterocycles. The minimum Gasteiger partial charge on any atom is -0.481 e. The third-order valence-corrected chi connectivity index (χ3v) is 4.22. The predicted octanol–water partition coefficient (Wildman–Crippen LogP) is 1.62. The van der Waals surface area contributed by atoms with E-state index in [-0.39, 0.29) is 19.1 Å². The SMILES string of the molecule is COCC1(C(=O)O)CCN(C(=O)CC(C)C(C)C)C1. The first-order chi connectivity index (χ1) is 8.82. The van der Waals surface area contributed by atoms with Crippen LogP contribution in [-0.2, 0) is 14.3 Å². The maximum absolute atomic E-state index is 12.2. The maximum Gasteiger partial charge on any atom is 0.313 e. The van der Waals surface area contributed by atoms with Gasteiger partial charge < -0.3 is 14.7 Å². The topological polar surface area (TPSA) is 66.8 Å². The molecule has 1 aliphatic rings. The Labute approximate surface area is 114 Å². The Balaban J connectivity index is 2.64. The molecule has 0 aliphatic carbocycles. The summed E-state index contributed by atoms with van der Waals surface area (Å²) in [6.07, 6.45) is 0.957. The van der Waals surface area contributed by atoms with Gasteiger partial charge in [0.05, 0.1) is 6.61 Å². The largest absolute Gasteiger partial charge is 0.481 e. The Morgan fingerprint density at radius 2 is 2.00 bits per heavy atom. The molecule has 1 N–H and O–H groups in total. The molecule has 0 spiro atoms. The lowest BCUT2D eigenvalue weighted by molar-refractivity contribution is -0.151. The summed E-state index contributed by atoms with van der Waals surface area (Å²) in [5, 5.41) is 9.35. The maximum atomic E-state index is 12.2. The van der Waals surface area contributed by atoms with Crippen LogP contribution in [0.4, 0.5) is 0 Å². The summed E-state index contributed by atoms with van der Waals surface area (Å²) < 4.78 is 5.02. The van der Waals surface area contributed by atoms with Crippen molar-refractivity contribution in [1.29, 1.82) is 0 Å². The second-order valence-corrected chi connectivity index (χ2v) is 6.01. The first-order valence-corrected chi connectivity index (χ1v) is 6.82. The fraction of sp³-hybridized carbons (Fsp3) is 0.857. The molecule has 19 heavy (non-hydrogen) atoms. The molecule has 1 saturated heterocycles. The lowest BCUT2D eigenvalue weighted by Crippen LogP contribution is -2.40. The number of likely N-dealkylation sites (tertiary alicyclic amines) is 1. The summed E-state index contributed by atoms with van der Waals surface area (Å²) in [7, 11) is 1.50. The first-order valence-electron chi connectivity index (χ1n) is 6.82. The number of aliphatic carboxylic acids is 1. The second-order valence-electron chi connectivity index (χ2n) is 6.01. The molecule has 0 aromatic carbocycles. The molecule has 5 heteroatoms. The standard InChI is InChI=1S/C14H25NO4/c1-10(2)11(3)7-12(16)15-6-5-14(8-15,9-19-4)13(17)18/h10-11H,5-9H2,1-4H3,(H,17,18). The second kappa shape index (κ2) is 6.37. The number of carbonyl (C=O) groups is 2. The highest BCUT2D eigenvalue weighted by Crippen LogP contribution is 2.32. The van der Waals surface area contributed by atoms with Crippen LogP contribution in [0.15, 0.2) is 0 Å². The van der Waals surface area contributed by atoms with E-state index < -0.39 is 11.4 Å². The summed E-state index contributed by atoms with van der Waals surface area (Å²) in [5.74, 6) is -0.0495. The van der Waals surface area contributed by atoms with Gasteiger partial charge in [0, 0.05) is 26.6 Å². The molecule has 0 saturated carbocycles. The molecule has 1 rings (SSSR count). The van der Waals surface area contributed by atoms with E-state index in [1.54, 1.807) is 4.90 Å². The van der Waals surface area contributed by atoms with E-state index >= 15 is 0 Å². The predicted molar refractivity (Wildman–Crippen MR) is 71.8 cm³/mol. The minimum absolute atomic E-state index is 0.0560. The molecule has 2 unspecified atom stereocenters. The average Bonchev–Trinajstić information content (AvgIpc) is 2.75. The zero-order valence-electron chi connectivity index (χ0n) is 12.3. The highest BCUT2D eigenvalue weighted by molar-refractivity contribution is 5.81. The van der Waals surface area contributed by atoms with Gasteiger partial charge in [0.25, 0.3) is 0 Å². The van der Waals surface area contributed by atoms with Gasteiger partial charge in [-0.1, -0.05) is 20.8 Å². The van der Waals surface area contributed by atoms with Gasteiger partial charge >= 0.3 is 5.97 Å². The van der Waals surface area contributed by atoms with E-state index in [1.165, 1.54) is 7.11 Å². The molecule has 1 amide bonds. The first kappa shape index (κ1) is 16.0. The molecule has 5 nitrogen and oxygen atoms in total. The molecule has 2 atom stereocenters. The van der Waals surface area contributed by atoms with Crippen molar-refractivity contribution in [3.63, 3.8) is 0 Å². The summed E-state index contributed by atoms with van der Waals surface area (Å²) in [4.78, 5) is 25.2. The van der Waals surface area contributed by atoms with Crippen LogP contribution >= 0.6 is 0 Å². The van der Waals surface area contributed by atoms with Crippen molar-refractivity contribution < 1.29 is 19.4 Å². The lowest BCUT2D eigenvalue weighted by Gasteiger charge is -2.25. The normalized spacial score (nSPS) is 24.8. The molecular weight excluding hydrogens is 246 g/mol. The van der Waals surface area contributed by atoms with Crippen LogP contribution in [0.5, 0.6) is 0 Å². The Morgan fingerprint density at radius 1 is 1.37 bits per heavy atom. The number of ether oxygens (including phenoxy) is 1. The zero-order valence-corrected chi connectivity index (χ0v) is 12.3. The van der Waals surface area contributed by atoms with Gasteiger partial charge in [0.1, 0.15) is 5.41 Å². The lowest BCUT2D eigenvalue weighted by atomic mass is 9.88. The summed E-state index contributed by atoms with van der Waals surface area (Å²) in [5.41, 5.74) is -0.925.